The number of likely N-dealkylation sites (tertiary alicyclic amines) is 1. The number of hydrogen-bond acceptors (Lipinski definition) is 9. The highest BCUT2D eigenvalue weighted by atomic mass is 16.7. The maximum absolute atomic E-state index is 13.6. The number of carboxylic acids is 1. The number of methoxy groups -OCH3 is 1. The molecule has 0 saturated carbocycles. The van der Waals surface area contributed by atoms with Gasteiger partial charge in [-0.1, -0.05) is 27.2 Å². The minimum atomic E-state index is -0.906. The summed E-state index contributed by atoms with van der Waals surface area (Å²) in [6, 6.07) is 3.25. The summed E-state index contributed by atoms with van der Waals surface area (Å²) in [5, 5.41) is 10.6. The highest BCUT2D eigenvalue weighted by molar-refractivity contribution is 5.79. The van der Waals surface area contributed by atoms with Crippen molar-refractivity contribution in [1.29, 1.82) is 0 Å². The van der Waals surface area contributed by atoms with Gasteiger partial charge >= 0.3 is 5.97 Å². The van der Waals surface area contributed by atoms with Gasteiger partial charge in [0.25, 0.3) is 0 Å². The molecule has 3 atom stereocenters. The summed E-state index contributed by atoms with van der Waals surface area (Å²) < 4.78 is 28.4. The average Bonchev–Trinajstić information content (AvgIpc) is 3.69. The topological polar surface area (TPSA) is 133 Å². The molecule has 11 heteroatoms. The van der Waals surface area contributed by atoms with Crippen molar-refractivity contribution in [3.05, 3.63) is 17.7 Å². The van der Waals surface area contributed by atoms with Gasteiger partial charge in [0, 0.05) is 37.0 Å². The highest BCUT2D eigenvalue weighted by Crippen LogP contribution is 2.48. The van der Waals surface area contributed by atoms with Gasteiger partial charge < -0.3 is 39.4 Å². The van der Waals surface area contributed by atoms with Crippen molar-refractivity contribution in [1.82, 2.24) is 9.80 Å². The van der Waals surface area contributed by atoms with E-state index in [1.165, 1.54) is 0 Å². The third kappa shape index (κ3) is 6.64. The van der Waals surface area contributed by atoms with Crippen molar-refractivity contribution in [2.75, 3.05) is 59.8 Å². The normalized spacial score (nSPS) is 23.1. The van der Waals surface area contributed by atoms with Gasteiger partial charge in [0.1, 0.15) is 0 Å². The monoisotopic (exact) mass is 563 g/mol. The maximum Gasteiger partial charge on any atom is 0.308 e. The van der Waals surface area contributed by atoms with E-state index in [9.17, 15) is 14.7 Å². The Labute approximate surface area is 236 Å². The first-order chi connectivity index (χ1) is 19.2. The van der Waals surface area contributed by atoms with Gasteiger partial charge in [0.05, 0.1) is 32.8 Å². The van der Waals surface area contributed by atoms with Crippen LogP contribution >= 0.6 is 0 Å². The van der Waals surface area contributed by atoms with Crippen LogP contribution in [0.1, 0.15) is 57.9 Å². The molecular formula is C29H45N3O8. The van der Waals surface area contributed by atoms with Crippen LogP contribution in [0.15, 0.2) is 12.1 Å². The number of carbonyl (C=O) groups excluding carboxylic acids is 1. The molecule has 0 bridgehead atoms. The van der Waals surface area contributed by atoms with Gasteiger partial charge in [0.15, 0.2) is 17.8 Å². The molecule has 0 aromatic heterocycles. The molecule has 1 aromatic carbocycles. The van der Waals surface area contributed by atoms with E-state index in [0.717, 1.165) is 24.8 Å². The zero-order valence-electron chi connectivity index (χ0n) is 24.2. The molecule has 4 rings (SSSR count). The molecule has 3 N–H and O–H groups in total. The first-order valence-corrected chi connectivity index (χ1v) is 14.4. The Morgan fingerprint density at radius 2 is 1.90 bits per heavy atom. The lowest BCUT2D eigenvalue weighted by Gasteiger charge is -2.37. The fourth-order valence-corrected chi connectivity index (χ4v) is 6.16. The largest absolute Gasteiger partial charge is 0.493 e. The first kappa shape index (κ1) is 30.4. The predicted octanol–water partition coefficient (Wildman–Crippen LogP) is 2.66. The van der Waals surface area contributed by atoms with Crippen LogP contribution in [0.2, 0.25) is 0 Å². The third-order valence-corrected chi connectivity index (χ3v) is 8.24. The van der Waals surface area contributed by atoms with E-state index in [-0.39, 0.29) is 19.2 Å². The molecule has 2 saturated heterocycles. The molecule has 1 aromatic rings. The number of carbonyl (C=O) groups is 2. The third-order valence-electron chi connectivity index (χ3n) is 8.24. The van der Waals surface area contributed by atoms with Crippen LogP contribution in [0.25, 0.3) is 0 Å². The van der Waals surface area contributed by atoms with Gasteiger partial charge in [-0.05, 0) is 43.5 Å². The number of unbranched alkanes of at least 4 members (excludes halogenated alkanes) is 1. The summed E-state index contributed by atoms with van der Waals surface area (Å²) in [4.78, 5) is 30.5. The van der Waals surface area contributed by atoms with Crippen molar-refractivity contribution >= 4 is 11.9 Å². The Balaban J connectivity index is 1.67. The van der Waals surface area contributed by atoms with Crippen LogP contribution in [0.5, 0.6) is 17.2 Å². The van der Waals surface area contributed by atoms with Crippen LogP contribution in [0, 0.1) is 11.3 Å². The Morgan fingerprint density at radius 1 is 1.18 bits per heavy atom. The molecule has 0 unspecified atom stereocenters. The minimum absolute atomic E-state index is 0.00821. The molecule has 224 valence electrons. The SMILES string of the molecule is CCCCN(CCCN)C(=O)CN1C[C@H](c2cc(OC)c3c(c2)OCO3)[C@@H](C(=O)O)[C@@H]1CC(C)(C)C1OCCO1. The summed E-state index contributed by atoms with van der Waals surface area (Å²) in [5.74, 6) is -0.531. The van der Waals surface area contributed by atoms with Gasteiger partial charge in [-0.2, -0.15) is 0 Å². The lowest BCUT2D eigenvalue weighted by atomic mass is 9.77. The molecule has 0 aliphatic carbocycles. The van der Waals surface area contributed by atoms with Crippen LogP contribution in [0.4, 0.5) is 0 Å². The second kappa shape index (κ2) is 13.4. The van der Waals surface area contributed by atoms with Crippen molar-refractivity contribution in [2.24, 2.45) is 17.1 Å². The number of carboxylic acid groups (broad SMARTS) is 1. The second-order valence-corrected chi connectivity index (χ2v) is 11.6. The standard InChI is InChI=1S/C29H45N3O8/c1-5-6-9-31(10-7-8-30)24(33)17-32-16-20(19-13-22(36-4)26-23(14-19)39-18-40-26)25(27(34)35)21(32)15-29(2,3)28-37-11-12-38-28/h13-14,20-21,25,28H,5-12,15-18,30H2,1-4H3,(H,34,35)/t20-,21+,25-/m1/s1. The molecule has 3 aliphatic rings. The zero-order valence-corrected chi connectivity index (χ0v) is 24.2. The van der Waals surface area contributed by atoms with E-state index in [1.54, 1.807) is 7.11 Å². The van der Waals surface area contributed by atoms with Crippen molar-refractivity contribution in [3.63, 3.8) is 0 Å². The summed E-state index contributed by atoms with van der Waals surface area (Å²) in [7, 11) is 1.55. The van der Waals surface area contributed by atoms with E-state index in [4.69, 9.17) is 29.4 Å². The lowest BCUT2D eigenvalue weighted by Crippen LogP contribution is -2.47. The van der Waals surface area contributed by atoms with E-state index in [0.29, 0.717) is 63.1 Å². The quantitative estimate of drug-likeness (QED) is 0.348. The van der Waals surface area contributed by atoms with Crippen molar-refractivity contribution in [2.45, 2.75) is 64.7 Å². The number of rotatable bonds is 14. The number of hydrogen-bond donors (Lipinski definition) is 2. The Bertz CT molecular complexity index is 1020. The van der Waals surface area contributed by atoms with E-state index >= 15 is 0 Å². The molecule has 3 heterocycles. The fraction of sp³-hybridized carbons (Fsp3) is 0.724. The average molecular weight is 564 g/mol. The number of amides is 1. The molecule has 40 heavy (non-hydrogen) atoms. The van der Waals surface area contributed by atoms with Crippen LogP contribution in [-0.2, 0) is 19.1 Å². The minimum Gasteiger partial charge on any atom is -0.493 e. The van der Waals surface area contributed by atoms with Crippen molar-refractivity contribution in [3.8, 4) is 17.2 Å². The van der Waals surface area contributed by atoms with Crippen LogP contribution < -0.4 is 19.9 Å². The Hall–Kier alpha value is -2.60. The maximum atomic E-state index is 13.6. The van der Waals surface area contributed by atoms with Gasteiger partial charge in [-0.3, -0.25) is 14.5 Å². The summed E-state index contributed by atoms with van der Waals surface area (Å²) in [6.45, 7) is 9.56. The first-order valence-electron chi connectivity index (χ1n) is 14.4. The lowest BCUT2D eigenvalue weighted by molar-refractivity contribution is -0.148. The number of nitrogens with two attached hydrogens (primary N) is 1. The number of benzene rings is 1. The fourth-order valence-electron chi connectivity index (χ4n) is 6.16. The molecule has 0 spiro atoms. The zero-order chi connectivity index (χ0) is 28.9. The predicted molar refractivity (Wildman–Crippen MR) is 148 cm³/mol. The van der Waals surface area contributed by atoms with Crippen LogP contribution in [-0.4, -0.2) is 99.0 Å². The van der Waals surface area contributed by atoms with Crippen LogP contribution in [0.3, 0.4) is 0 Å². The number of nitrogens with zero attached hydrogens (tertiary/aromatic N) is 2. The number of ether oxygens (including phenoxy) is 5. The van der Waals surface area contributed by atoms with Gasteiger partial charge in [0.2, 0.25) is 18.4 Å². The van der Waals surface area contributed by atoms with E-state index < -0.39 is 35.6 Å². The molecule has 3 aliphatic heterocycles. The number of fused-ring (bicyclic) bond motifs is 1. The molecule has 1 amide bonds. The molecule has 0 radical (unpaired) electrons. The van der Waals surface area contributed by atoms with Crippen molar-refractivity contribution < 1.29 is 38.4 Å². The Morgan fingerprint density at radius 3 is 2.55 bits per heavy atom. The van der Waals surface area contributed by atoms with Gasteiger partial charge in [-0.25, -0.2) is 0 Å². The summed E-state index contributed by atoms with van der Waals surface area (Å²) in [5.41, 5.74) is 6.06. The smallest absolute Gasteiger partial charge is 0.308 e. The number of aliphatic carboxylic acids is 1. The Kier molecular flexibility index (Phi) is 10.2. The highest BCUT2D eigenvalue weighted by Gasteiger charge is 2.51. The van der Waals surface area contributed by atoms with E-state index in [1.807, 2.05) is 35.8 Å². The molecular weight excluding hydrogens is 518 g/mol. The van der Waals surface area contributed by atoms with E-state index in [2.05, 4.69) is 6.92 Å². The summed E-state index contributed by atoms with van der Waals surface area (Å²) in [6.07, 6.45) is 2.65. The second-order valence-electron chi connectivity index (χ2n) is 11.6. The molecule has 11 nitrogen and oxygen atoms in total. The molecule has 2 fully saturated rings. The summed E-state index contributed by atoms with van der Waals surface area (Å²) >= 11 is 0. The van der Waals surface area contributed by atoms with Gasteiger partial charge in [-0.15, -0.1) is 0 Å².